The maximum absolute atomic E-state index is 13.4. The zero-order chi connectivity index (χ0) is 24.0. The summed E-state index contributed by atoms with van der Waals surface area (Å²) in [5.41, 5.74) is 4.75. The van der Waals surface area contributed by atoms with Gasteiger partial charge in [0.15, 0.2) is 0 Å². The van der Waals surface area contributed by atoms with Gasteiger partial charge in [0.2, 0.25) is 0 Å². The third-order valence-electron chi connectivity index (χ3n) is 5.95. The minimum atomic E-state index is -0.480. The molecule has 3 heterocycles. The second-order valence-electron chi connectivity index (χ2n) is 8.20. The fourth-order valence-electron chi connectivity index (χ4n) is 4.37. The number of aryl methyl sites for hydroxylation is 3. The van der Waals surface area contributed by atoms with Crippen molar-refractivity contribution in [3.8, 4) is 16.9 Å². The first-order chi connectivity index (χ1) is 16.4. The lowest BCUT2D eigenvalue weighted by molar-refractivity contribution is 0.276. The van der Waals surface area contributed by atoms with Crippen LogP contribution in [0.15, 0.2) is 40.9 Å². The molecule has 3 aromatic heterocycles. The molecule has 5 rings (SSSR count). The van der Waals surface area contributed by atoms with E-state index in [1.807, 2.05) is 26.0 Å². The van der Waals surface area contributed by atoms with Gasteiger partial charge in [0.05, 0.1) is 36.4 Å². The van der Waals surface area contributed by atoms with Gasteiger partial charge in [-0.1, -0.05) is 17.3 Å². The van der Waals surface area contributed by atoms with Gasteiger partial charge in [0.1, 0.15) is 34.6 Å². The van der Waals surface area contributed by atoms with Gasteiger partial charge in [-0.3, -0.25) is 0 Å². The van der Waals surface area contributed by atoms with Crippen LogP contribution in [0.1, 0.15) is 28.9 Å². The molecule has 8 nitrogen and oxygen atoms in total. The minimum Gasteiger partial charge on any atom is -0.496 e. The maximum atomic E-state index is 13.4. The fourth-order valence-corrected chi connectivity index (χ4v) is 4.37. The second kappa shape index (κ2) is 8.42. The lowest BCUT2D eigenvalue weighted by Crippen LogP contribution is -2.16. The number of aromatic nitrogens is 4. The number of fused-ring (bicyclic) bond motifs is 3. The van der Waals surface area contributed by atoms with Crippen LogP contribution in [0.3, 0.4) is 0 Å². The number of benzene rings is 2. The van der Waals surface area contributed by atoms with Gasteiger partial charge >= 0.3 is 0 Å². The van der Waals surface area contributed by atoms with Crippen LogP contribution in [0, 0.1) is 26.6 Å². The molecule has 0 amide bonds. The Bertz CT molecular complexity index is 1490. The van der Waals surface area contributed by atoms with E-state index in [-0.39, 0.29) is 12.4 Å². The Morgan fingerprint density at radius 3 is 2.56 bits per heavy atom. The average Bonchev–Trinajstić information content (AvgIpc) is 3.35. The number of aliphatic hydroxyl groups is 1. The molecule has 0 aliphatic heterocycles. The molecule has 0 aliphatic rings. The van der Waals surface area contributed by atoms with Crippen molar-refractivity contribution in [1.82, 2.24) is 20.1 Å². The number of halogens is 1. The van der Waals surface area contributed by atoms with E-state index < -0.39 is 6.04 Å². The van der Waals surface area contributed by atoms with Crippen LogP contribution < -0.4 is 10.1 Å². The zero-order valence-electron chi connectivity index (χ0n) is 19.2. The maximum Gasteiger partial charge on any atom is 0.144 e. The van der Waals surface area contributed by atoms with Gasteiger partial charge < -0.3 is 24.7 Å². The molecular formula is C25H24FN5O3. The summed E-state index contributed by atoms with van der Waals surface area (Å²) < 4.78 is 24.5. The number of hydrogen-bond acceptors (Lipinski definition) is 7. The topological polar surface area (TPSA) is 109 Å². The molecule has 3 N–H and O–H groups in total. The molecule has 0 fully saturated rings. The first-order valence-corrected chi connectivity index (χ1v) is 10.8. The highest BCUT2D eigenvalue weighted by Crippen LogP contribution is 2.41. The highest BCUT2D eigenvalue weighted by molar-refractivity contribution is 6.12. The lowest BCUT2D eigenvalue weighted by atomic mass is 10.0. The molecule has 0 radical (unpaired) electrons. The second-order valence-corrected chi connectivity index (χ2v) is 8.20. The van der Waals surface area contributed by atoms with E-state index >= 15 is 0 Å². The minimum absolute atomic E-state index is 0.196. The number of rotatable bonds is 6. The molecule has 5 aromatic rings. The highest BCUT2D eigenvalue weighted by atomic mass is 19.1. The van der Waals surface area contributed by atoms with E-state index in [0.29, 0.717) is 28.8 Å². The van der Waals surface area contributed by atoms with Gasteiger partial charge in [-0.25, -0.2) is 14.4 Å². The summed E-state index contributed by atoms with van der Waals surface area (Å²) >= 11 is 0. The summed E-state index contributed by atoms with van der Waals surface area (Å²) in [7, 11) is 1.62. The summed E-state index contributed by atoms with van der Waals surface area (Å²) in [6.45, 7) is 5.36. The Kier molecular flexibility index (Phi) is 5.41. The van der Waals surface area contributed by atoms with Gasteiger partial charge in [-0.2, -0.15) is 0 Å². The molecule has 0 spiro atoms. The molecule has 2 aromatic carbocycles. The summed E-state index contributed by atoms with van der Waals surface area (Å²) in [6, 6.07) is 9.47. The van der Waals surface area contributed by atoms with Crippen molar-refractivity contribution >= 4 is 27.8 Å². The number of aromatic amines is 1. The summed E-state index contributed by atoms with van der Waals surface area (Å²) in [5, 5.41) is 19.1. The van der Waals surface area contributed by atoms with E-state index in [2.05, 4.69) is 25.4 Å². The predicted molar refractivity (Wildman–Crippen MR) is 128 cm³/mol. The first-order valence-electron chi connectivity index (χ1n) is 10.8. The molecule has 1 atom stereocenters. The Morgan fingerprint density at radius 1 is 1.15 bits per heavy atom. The molecule has 34 heavy (non-hydrogen) atoms. The molecule has 0 saturated heterocycles. The fraction of sp³-hybridized carbons (Fsp3) is 0.240. The normalized spacial score (nSPS) is 12.4. The summed E-state index contributed by atoms with van der Waals surface area (Å²) in [5.74, 6) is 2.15. The number of ether oxygens (including phenoxy) is 1. The lowest BCUT2D eigenvalue weighted by Gasteiger charge is -2.18. The van der Waals surface area contributed by atoms with Gasteiger partial charge in [0.25, 0.3) is 0 Å². The zero-order valence-corrected chi connectivity index (χ0v) is 19.2. The van der Waals surface area contributed by atoms with Gasteiger partial charge in [-0.05, 0) is 50.6 Å². The number of anilines is 1. The van der Waals surface area contributed by atoms with E-state index in [4.69, 9.17) is 9.26 Å². The Balaban J connectivity index is 1.69. The Labute approximate surface area is 194 Å². The number of aliphatic hydroxyl groups excluding tert-OH is 1. The number of hydrogen-bond donors (Lipinski definition) is 3. The predicted octanol–water partition coefficient (Wildman–Crippen LogP) is 4.98. The highest BCUT2D eigenvalue weighted by Gasteiger charge is 2.21. The number of nitrogens with one attached hydrogen (secondary N) is 2. The van der Waals surface area contributed by atoms with Gasteiger partial charge in [0, 0.05) is 16.5 Å². The van der Waals surface area contributed by atoms with Crippen LogP contribution in [-0.2, 0) is 0 Å². The summed E-state index contributed by atoms with van der Waals surface area (Å²) in [4.78, 5) is 12.6. The molecule has 9 heteroatoms. The molecule has 174 valence electrons. The molecular weight excluding hydrogens is 437 g/mol. The summed E-state index contributed by atoms with van der Waals surface area (Å²) in [6.07, 6.45) is 0. The van der Waals surface area contributed by atoms with Crippen molar-refractivity contribution in [1.29, 1.82) is 0 Å². The van der Waals surface area contributed by atoms with Crippen LogP contribution in [-0.4, -0.2) is 38.9 Å². The number of methoxy groups -OCH3 is 1. The smallest absolute Gasteiger partial charge is 0.144 e. The largest absolute Gasteiger partial charge is 0.496 e. The van der Waals surface area contributed by atoms with E-state index in [1.54, 1.807) is 26.2 Å². The van der Waals surface area contributed by atoms with Crippen molar-refractivity contribution in [2.75, 3.05) is 19.0 Å². The third kappa shape index (κ3) is 3.63. The van der Waals surface area contributed by atoms with Crippen LogP contribution in [0.5, 0.6) is 5.75 Å². The van der Waals surface area contributed by atoms with Crippen molar-refractivity contribution < 1.29 is 18.8 Å². The van der Waals surface area contributed by atoms with Crippen LogP contribution >= 0.6 is 0 Å². The van der Waals surface area contributed by atoms with Gasteiger partial charge in [-0.15, -0.1) is 0 Å². The van der Waals surface area contributed by atoms with Crippen LogP contribution in [0.4, 0.5) is 10.2 Å². The van der Waals surface area contributed by atoms with Crippen LogP contribution in [0.2, 0.25) is 0 Å². The Morgan fingerprint density at radius 2 is 1.91 bits per heavy atom. The molecule has 0 unspecified atom stereocenters. The van der Waals surface area contributed by atoms with E-state index in [9.17, 15) is 9.50 Å². The number of H-pyrrole nitrogens is 1. The van der Waals surface area contributed by atoms with Crippen molar-refractivity contribution in [2.45, 2.75) is 26.8 Å². The third-order valence-corrected chi connectivity index (χ3v) is 5.95. The van der Waals surface area contributed by atoms with E-state index in [0.717, 1.165) is 38.7 Å². The molecule has 0 bridgehead atoms. The number of nitrogens with zero attached hydrogens (tertiary/aromatic N) is 3. The molecule has 0 aliphatic carbocycles. The van der Waals surface area contributed by atoms with Crippen molar-refractivity contribution in [3.63, 3.8) is 0 Å². The molecule has 0 saturated carbocycles. The average molecular weight is 461 g/mol. The van der Waals surface area contributed by atoms with Crippen LogP contribution in [0.25, 0.3) is 33.1 Å². The van der Waals surface area contributed by atoms with Crippen molar-refractivity contribution in [2.24, 2.45) is 0 Å². The van der Waals surface area contributed by atoms with Crippen molar-refractivity contribution in [3.05, 3.63) is 65.1 Å². The standard InChI is InChI=1S/C25H24FN5O3/c1-12-22(13(2)34-31-12)18-9-19-17(10-21(18)33-4)23-24(29-19)27-14(3)28-25(23)30-20(11-32)15-5-7-16(26)8-6-15/h5-10,20,32H,11H2,1-4H3,(H2,27,28,29,30)/t20-/m1/s1. The quantitative estimate of drug-likeness (QED) is 0.327. The Hall–Kier alpha value is -3.98. The monoisotopic (exact) mass is 461 g/mol. The first kappa shape index (κ1) is 21.8. The SMILES string of the molecule is COc1cc2c(cc1-c1c(C)noc1C)[nH]c1nc(C)nc(N[C@H](CO)c3ccc(F)cc3)c12. The van der Waals surface area contributed by atoms with E-state index in [1.165, 1.54) is 12.1 Å².